The number of hydrogen-bond acceptors (Lipinski definition) is 6. The summed E-state index contributed by atoms with van der Waals surface area (Å²) in [5.74, 6) is -2.39. The van der Waals surface area contributed by atoms with Gasteiger partial charge in [0, 0.05) is 0 Å². The molecule has 2 heterocycles. The van der Waals surface area contributed by atoms with Crippen LogP contribution in [0.15, 0.2) is 28.8 Å². The van der Waals surface area contributed by atoms with Crippen LogP contribution in [-0.4, -0.2) is 23.2 Å². The topological polar surface area (TPSA) is 77.2 Å². The van der Waals surface area contributed by atoms with E-state index in [1.807, 2.05) is 0 Å². The van der Waals surface area contributed by atoms with Crippen LogP contribution in [0.3, 0.4) is 0 Å². The molecule has 6 nitrogen and oxygen atoms in total. The number of aromatic nitrogens is 2. The van der Waals surface area contributed by atoms with Crippen LogP contribution in [0, 0.1) is 18.6 Å². The molecule has 1 N–H and O–H groups in total. The van der Waals surface area contributed by atoms with Crippen molar-refractivity contribution in [1.82, 2.24) is 10.1 Å². The molecule has 23 heavy (non-hydrogen) atoms. The number of halogens is 2. The van der Waals surface area contributed by atoms with Gasteiger partial charge in [0.15, 0.2) is 11.5 Å². The van der Waals surface area contributed by atoms with Crippen molar-refractivity contribution < 1.29 is 22.8 Å². The number of esters is 1. The Morgan fingerprint density at radius 2 is 2.04 bits per heavy atom. The second-order valence-corrected chi connectivity index (χ2v) is 4.69. The largest absolute Gasteiger partial charge is 0.464 e. The molecule has 0 fully saturated rings. The molecule has 0 saturated carbocycles. The molecule has 3 aromatic rings. The molecule has 0 radical (unpaired) electrons. The fourth-order valence-electron chi connectivity index (χ4n) is 2.08. The first-order chi connectivity index (χ1) is 11.0. The van der Waals surface area contributed by atoms with Crippen molar-refractivity contribution in [3.8, 4) is 0 Å². The lowest BCUT2D eigenvalue weighted by atomic mass is 10.2. The van der Waals surface area contributed by atoms with E-state index in [1.54, 1.807) is 13.0 Å². The SMILES string of the molecule is COC(=O)c1nc2c(C)noc2c(F)c1Nc1ccccc1F. The Kier molecular flexibility index (Phi) is 3.65. The molecule has 3 rings (SSSR count). The number of ether oxygens (including phenoxy) is 1. The standard InChI is InChI=1S/C15H11F2N3O3/c1-7-11-14(23-20-7)10(17)12(13(19-11)15(21)22-2)18-9-6-4-3-5-8(9)16/h3-6,18H,1-2H3. The highest BCUT2D eigenvalue weighted by Gasteiger charge is 2.25. The third-order valence-electron chi connectivity index (χ3n) is 3.22. The number of fused-ring (bicyclic) bond motifs is 1. The monoisotopic (exact) mass is 319 g/mol. The van der Waals surface area contributed by atoms with Gasteiger partial charge in [-0.3, -0.25) is 0 Å². The number of nitrogens with zero attached hydrogens (tertiary/aromatic N) is 2. The van der Waals surface area contributed by atoms with Crippen LogP contribution in [-0.2, 0) is 4.74 Å². The molecule has 0 atom stereocenters. The van der Waals surface area contributed by atoms with Crippen molar-refractivity contribution in [2.45, 2.75) is 6.92 Å². The summed E-state index contributed by atoms with van der Waals surface area (Å²) in [5.41, 5.74) is -0.496. The number of anilines is 2. The highest BCUT2D eigenvalue weighted by atomic mass is 19.1. The average Bonchev–Trinajstić information content (AvgIpc) is 2.92. The van der Waals surface area contributed by atoms with E-state index in [0.717, 1.165) is 7.11 Å². The summed E-state index contributed by atoms with van der Waals surface area (Å²) in [7, 11) is 1.14. The van der Waals surface area contributed by atoms with Crippen molar-refractivity contribution in [2.24, 2.45) is 0 Å². The number of carbonyl (C=O) groups excluding carboxylic acids is 1. The van der Waals surface area contributed by atoms with E-state index in [2.05, 4.69) is 20.2 Å². The second-order valence-electron chi connectivity index (χ2n) is 4.69. The zero-order chi connectivity index (χ0) is 16.6. The summed E-state index contributed by atoms with van der Waals surface area (Å²) in [6.07, 6.45) is 0. The number of aryl methyl sites for hydroxylation is 1. The number of rotatable bonds is 3. The Morgan fingerprint density at radius 3 is 2.74 bits per heavy atom. The number of benzene rings is 1. The number of pyridine rings is 1. The molecule has 0 amide bonds. The van der Waals surface area contributed by atoms with Crippen molar-refractivity contribution in [1.29, 1.82) is 0 Å². The predicted molar refractivity (Wildman–Crippen MR) is 77.5 cm³/mol. The van der Waals surface area contributed by atoms with Gasteiger partial charge in [0.1, 0.15) is 22.7 Å². The predicted octanol–water partition coefficient (Wildman–Crippen LogP) is 3.34. The van der Waals surface area contributed by atoms with Gasteiger partial charge < -0.3 is 14.6 Å². The molecule has 0 unspecified atom stereocenters. The fraction of sp³-hybridized carbons (Fsp3) is 0.133. The average molecular weight is 319 g/mol. The minimum absolute atomic E-state index is 0.0195. The summed E-state index contributed by atoms with van der Waals surface area (Å²) in [4.78, 5) is 15.9. The third-order valence-corrected chi connectivity index (χ3v) is 3.22. The number of para-hydroxylation sites is 1. The van der Waals surface area contributed by atoms with Gasteiger partial charge in [0.05, 0.1) is 12.8 Å². The molecule has 8 heteroatoms. The van der Waals surface area contributed by atoms with Gasteiger partial charge in [-0.15, -0.1) is 0 Å². The van der Waals surface area contributed by atoms with Gasteiger partial charge in [-0.25, -0.2) is 18.6 Å². The van der Waals surface area contributed by atoms with Gasteiger partial charge in [-0.2, -0.15) is 0 Å². The molecular weight excluding hydrogens is 308 g/mol. The van der Waals surface area contributed by atoms with Crippen molar-refractivity contribution >= 4 is 28.4 Å². The first-order valence-electron chi connectivity index (χ1n) is 6.58. The van der Waals surface area contributed by atoms with Crippen LogP contribution in [0.4, 0.5) is 20.2 Å². The van der Waals surface area contributed by atoms with Crippen LogP contribution < -0.4 is 5.32 Å². The van der Waals surface area contributed by atoms with Gasteiger partial charge in [-0.05, 0) is 19.1 Å². The molecule has 0 saturated heterocycles. The Balaban J connectivity index is 2.23. The number of methoxy groups -OCH3 is 1. The highest BCUT2D eigenvalue weighted by molar-refractivity contribution is 5.98. The van der Waals surface area contributed by atoms with E-state index in [1.165, 1.54) is 18.2 Å². The van der Waals surface area contributed by atoms with Crippen molar-refractivity contribution in [2.75, 3.05) is 12.4 Å². The van der Waals surface area contributed by atoms with E-state index in [4.69, 9.17) is 4.52 Å². The Labute approximate surface area is 129 Å². The molecule has 0 spiro atoms. The summed E-state index contributed by atoms with van der Waals surface area (Å²) in [6, 6.07) is 5.64. The Morgan fingerprint density at radius 1 is 1.30 bits per heavy atom. The first-order valence-corrected chi connectivity index (χ1v) is 6.58. The lowest BCUT2D eigenvalue weighted by molar-refractivity contribution is 0.0595. The van der Waals surface area contributed by atoms with E-state index >= 15 is 0 Å². The first kappa shape index (κ1) is 14.9. The maximum absolute atomic E-state index is 14.7. The molecule has 2 aromatic heterocycles. The molecular formula is C15H11F2N3O3. The zero-order valence-electron chi connectivity index (χ0n) is 12.2. The minimum Gasteiger partial charge on any atom is -0.464 e. The van der Waals surface area contributed by atoms with Crippen LogP contribution in [0.2, 0.25) is 0 Å². The van der Waals surface area contributed by atoms with Gasteiger partial charge in [0.2, 0.25) is 5.58 Å². The van der Waals surface area contributed by atoms with Crippen molar-refractivity contribution in [3.05, 3.63) is 47.3 Å². The van der Waals surface area contributed by atoms with E-state index in [0.29, 0.717) is 5.69 Å². The number of nitrogens with one attached hydrogen (secondary N) is 1. The maximum atomic E-state index is 14.7. The van der Waals surface area contributed by atoms with Crippen LogP contribution >= 0.6 is 0 Å². The summed E-state index contributed by atoms with van der Waals surface area (Å²) in [6.45, 7) is 1.56. The van der Waals surface area contributed by atoms with E-state index in [9.17, 15) is 13.6 Å². The van der Waals surface area contributed by atoms with Gasteiger partial charge >= 0.3 is 5.97 Å². The summed E-state index contributed by atoms with van der Waals surface area (Å²) in [5, 5.41) is 6.14. The van der Waals surface area contributed by atoms with Gasteiger partial charge in [0.25, 0.3) is 0 Å². The normalized spacial score (nSPS) is 10.8. The van der Waals surface area contributed by atoms with Crippen LogP contribution in [0.5, 0.6) is 0 Å². The molecule has 1 aromatic carbocycles. The molecule has 0 aliphatic rings. The maximum Gasteiger partial charge on any atom is 0.358 e. The van der Waals surface area contributed by atoms with E-state index in [-0.39, 0.29) is 28.2 Å². The number of hydrogen-bond donors (Lipinski definition) is 1. The highest BCUT2D eigenvalue weighted by Crippen LogP contribution is 2.31. The lowest BCUT2D eigenvalue weighted by Gasteiger charge is -2.11. The summed E-state index contributed by atoms with van der Waals surface area (Å²) < 4.78 is 38.0. The third kappa shape index (κ3) is 2.48. The fourth-order valence-corrected chi connectivity index (χ4v) is 2.08. The van der Waals surface area contributed by atoms with Gasteiger partial charge in [-0.1, -0.05) is 17.3 Å². The minimum atomic E-state index is -0.903. The Hall–Kier alpha value is -3.03. The van der Waals surface area contributed by atoms with Crippen LogP contribution in [0.1, 0.15) is 16.2 Å². The molecule has 0 aliphatic heterocycles. The smallest absolute Gasteiger partial charge is 0.358 e. The lowest BCUT2D eigenvalue weighted by Crippen LogP contribution is -2.11. The Bertz CT molecular complexity index is 908. The van der Waals surface area contributed by atoms with Crippen LogP contribution in [0.25, 0.3) is 11.1 Å². The van der Waals surface area contributed by atoms with Crippen molar-refractivity contribution in [3.63, 3.8) is 0 Å². The zero-order valence-corrected chi connectivity index (χ0v) is 12.2. The quantitative estimate of drug-likeness (QED) is 0.746. The summed E-state index contributed by atoms with van der Waals surface area (Å²) >= 11 is 0. The van der Waals surface area contributed by atoms with E-state index < -0.39 is 17.6 Å². The molecule has 118 valence electrons. The second kappa shape index (κ2) is 5.64. The molecule has 0 bridgehead atoms. The molecule has 0 aliphatic carbocycles. The number of carbonyl (C=O) groups is 1.